The molecule has 0 N–H and O–H groups in total. The lowest BCUT2D eigenvalue weighted by Gasteiger charge is -2.57. The highest BCUT2D eigenvalue weighted by Gasteiger charge is 2.64. The highest BCUT2D eigenvalue weighted by atomic mass is 32.3. The van der Waals surface area contributed by atoms with Gasteiger partial charge in [-0.3, -0.25) is 0 Å². The molecule has 3 aliphatic heterocycles. The maximum atomic E-state index is 11.9. The fraction of sp³-hybridized carbons (Fsp3) is 0.684. The van der Waals surface area contributed by atoms with Crippen LogP contribution in [0.1, 0.15) is 19.4 Å². The SMILES string of the molecule is CO[C@]1(C)O[C@@H]2[C@@H](O[C@@]1(C)OC)[C@H](OCc1ccccc1)O[C@@H]1COS(=O)(=O)O[C@@H]21. The molecular weight excluding hydrogens is 420 g/mol. The number of hydrogen-bond donors (Lipinski definition) is 0. The van der Waals surface area contributed by atoms with Crippen LogP contribution < -0.4 is 0 Å². The summed E-state index contributed by atoms with van der Waals surface area (Å²) < 4.78 is 69.2. The van der Waals surface area contributed by atoms with E-state index in [1.807, 2.05) is 30.3 Å². The molecule has 0 amide bonds. The van der Waals surface area contributed by atoms with E-state index in [9.17, 15) is 8.42 Å². The van der Waals surface area contributed by atoms with Gasteiger partial charge in [0.2, 0.25) is 11.6 Å². The Hall–Kier alpha value is -1.15. The Balaban J connectivity index is 1.63. The van der Waals surface area contributed by atoms with Crippen LogP contribution in [-0.2, 0) is 53.8 Å². The average Bonchev–Trinajstić information content (AvgIpc) is 2.74. The van der Waals surface area contributed by atoms with Crippen LogP contribution in [0.5, 0.6) is 0 Å². The molecule has 3 aliphatic rings. The molecule has 3 heterocycles. The van der Waals surface area contributed by atoms with Gasteiger partial charge < -0.3 is 28.4 Å². The molecule has 3 saturated heterocycles. The smallest absolute Gasteiger partial charge is 0.349 e. The predicted octanol–water partition coefficient (Wildman–Crippen LogP) is 1.10. The number of ether oxygens (including phenoxy) is 6. The summed E-state index contributed by atoms with van der Waals surface area (Å²) in [6.45, 7) is 3.33. The van der Waals surface area contributed by atoms with E-state index in [-0.39, 0.29) is 13.2 Å². The molecule has 168 valence electrons. The first kappa shape index (κ1) is 22.1. The van der Waals surface area contributed by atoms with E-state index < -0.39 is 52.7 Å². The molecule has 7 atom stereocenters. The molecule has 30 heavy (non-hydrogen) atoms. The van der Waals surface area contributed by atoms with Gasteiger partial charge in [-0.25, -0.2) is 8.37 Å². The molecule has 0 aliphatic carbocycles. The molecule has 1 aromatic carbocycles. The van der Waals surface area contributed by atoms with Gasteiger partial charge >= 0.3 is 10.4 Å². The Bertz CT molecular complexity index is 848. The van der Waals surface area contributed by atoms with Crippen molar-refractivity contribution in [2.45, 2.75) is 62.7 Å². The van der Waals surface area contributed by atoms with Crippen molar-refractivity contribution < 1.29 is 45.2 Å². The van der Waals surface area contributed by atoms with Crippen LogP contribution in [0.25, 0.3) is 0 Å². The molecule has 3 fully saturated rings. The number of hydrogen-bond acceptors (Lipinski definition) is 10. The molecule has 0 aromatic heterocycles. The summed E-state index contributed by atoms with van der Waals surface area (Å²) >= 11 is 0. The molecule has 0 radical (unpaired) electrons. The van der Waals surface area contributed by atoms with E-state index in [0.717, 1.165) is 5.56 Å². The molecule has 0 spiro atoms. The standard InChI is InChI=1S/C19H26O10S/c1-18(22-3)19(2,23-4)28-16-15(27-18)14-13(11-25-30(20,21)29-14)26-17(16)24-10-12-8-6-5-7-9-12/h5-9,13-17H,10-11H2,1-4H3/t13-,14-,15+,16-,17-,18-,19-/m1/s1. The first-order chi connectivity index (χ1) is 14.2. The lowest BCUT2D eigenvalue weighted by molar-refractivity contribution is -0.484. The summed E-state index contributed by atoms with van der Waals surface area (Å²) in [6.07, 6.45) is -4.36. The summed E-state index contributed by atoms with van der Waals surface area (Å²) in [5, 5.41) is 0. The van der Waals surface area contributed by atoms with Gasteiger partial charge in [-0.2, -0.15) is 8.42 Å². The van der Waals surface area contributed by atoms with E-state index in [1.54, 1.807) is 13.8 Å². The van der Waals surface area contributed by atoms with Crippen LogP contribution in [-0.4, -0.2) is 71.5 Å². The highest BCUT2D eigenvalue weighted by Crippen LogP contribution is 2.45. The van der Waals surface area contributed by atoms with Crippen molar-refractivity contribution in [2.24, 2.45) is 0 Å². The zero-order chi connectivity index (χ0) is 21.6. The summed E-state index contributed by atoms with van der Waals surface area (Å²) in [5.74, 6) is -2.67. The largest absolute Gasteiger partial charge is 0.400 e. The fourth-order valence-electron chi connectivity index (χ4n) is 3.79. The third-order valence-corrected chi connectivity index (χ3v) is 6.66. The van der Waals surface area contributed by atoms with E-state index in [4.69, 9.17) is 36.8 Å². The quantitative estimate of drug-likeness (QED) is 0.652. The van der Waals surface area contributed by atoms with Gasteiger partial charge in [0.25, 0.3) is 0 Å². The van der Waals surface area contributed by atoms with E-state index in [0.29, 0.717) is 0 Å². The highest BCUT2D eigenvalue weighted by molar-refractivity contribution is 7.81. The van der Waals surface area contributed by atoms with Crippen molar-refractivity contribution in [3.8, 4) is 0 Å². The average molecular weight is 446 g/mol. The minimum Gasteiger partial charge on any atom is -0.349 e. The maximum absolute atomic E-state index is 11.9. The van der Waals surface area contributed by atoms with Gasteiger partial charge in [-0.05, 0) is 19.4 Å². The van der Waals surface area contributed by atoms with Gasteiger partial charge in [0.15, 0.2) is 6.29 Å². The van der Waals surface area contributed by atoms with Gasteiger partial charge in [0.1, 0.15) is 24.4 Å². The van der Waals surface area contributed by atoms with Gasteiger partial charge in [-0.1, -0.05) is 30.3 Å². The summed E-state index contributed by atoms with van der Waals surface area (Å²) in [7, 11) is -1.28. The molecule has 0 saturated carbocycles. The Morgan fingerprint density at radius 2 is 1.63 bits per heavy atom. The van der Waals surface area contributed by atoms with E-state index >= 15 is 0 Å². The fourth-order valence-corrected chi connectivity index (χ4v) is 4.65. The van der Waals surface area contributed by atoms with Gasteiger partial charge in [0, 0.05) is 14.2 Å². The molecule has 10 nitrogen and oxygen atoms in total. The Morgan fingerprint density at radius 1 is 1.00 bits per heavy atom. The van der Waals surface area contributed by atoms with Crippen LogP contribution in [0.4, 0.5) is 0 Å². The van der Waals surface area contributed by atoms with Crippen LogP contribution in [0, 0.1) is 0 Å². The molecule has 1 aromatic rings. The predicted molar refractivity (Wildman–Crippen MR) is 100 cm³/mol. The second-order valence-electron chi connectivity index (χ2n) is 7.56. The normalized spacial score (nSPS) is 42.9. The van der Waals surface area contributed by atoms with Crippen molar-refractivity contribution in [1.29, 1.82) is 0 Å². The third-order valence-electron chi connectivity index (χ3n) is 5.78. The van der Waals surface area contributed by atoms with Crippen molar-refractivity contribution in [3.05, 3.63) is 35.9 Å². The molecule has 0 bridgehead atoms. The molecule has 0 unspecified atom stereocenters. The van der Waals surface area contributed by atoms with E-state index in [1.165, 1.54) is 14.2 Å². The maximum Gasteiger partial charge on any atom is 0.400 e. The summed E-state index contributed by atoms with van der Waals surface area (Å²) in [4.78, 5) is 0. The molecular formula is C19H26O10S. The van der Waals surface area contributed by atoms with Crippen LogP contribution >= 0.6 is 0 Å². The number of methoxy groups -OCH3 is 2. The lowest BCUT2D eigenvalue weighted by atomic mass is 9.94. The lowest BCUT2D eigenvalue weighted by Crippen LogP contribution is -2.74. The van der Waals surface area contributed by atoms with Crippen molar-refractivity contribution >= 4 is 10.4 Å². The molecule has 4 rings (SSSR count). The van der Waals surface area contributed by atoms with Crippen molar-refractivity contribution in [3.63, 3.8) is 0 Å². The summed E-state index contributed by atoms with van der Waals surface area (Å²) in [5.41, 5.74) is 0.937. The zero-order valence-electron chi connectivity index (χ0n) is 17.2. The Labute approximate surface area is 175 Å². The first-order valence-electron chi connectivity index (χ1n) is 9.55. The third kappa shape index (κ3) is 3.90. The van der Waals surface area contributed by atoms with Crippen LogP contribution in [0.2, 0.25) is 0 Å². The topological polar surface area (TPSA) is 108 Å². The number of rotatable bonds is 5. The zero-order valence-corrected chi connectivity index (χ0v) is 18.0. The Kier molecular flexibility index (Phi) is 5.94. The second kappa shape index (κ2) is 8.08. The van der Waals surface area contributed by atoms with Gasteiger partial charge in [0.05, 0.1) is 13.2 Å². The second-order valence-corrected chi connectivity index (χ2v) is 8.80. The van der Waals surface area contributed by atoms with Crippen molar-refractivity contribution in [1.82, 2.24) is 0 Å². The number of fused-ring (bicyclic) bond motifs is 3. The van der Waals surface area contributed by atoms with Crippen LogP contribution in [0.15, 0.2) is 30.3 Å². The molecule has 11 heteroatoms. The summed E-state index contributed by atoms with van der Waals surface area (Å²) in [6, 6.07) is 9.55. The van der Waals surface area contributed by atoms with Crippen molar-refractivity contribution in [2.75, 3.05) is 20.8 Å². The first-order valence-corrected chi connectivity index (χ1v) is 10.9. The monoisotopic (exact) mass is 446 g/mol. The Morgan fingerprint density at radius 3 is 2.27 bits per heavy atom. The van der Waals surface area contributed by atoms with E-state index in [2.05, 4.69) is 0 Å². The minimum atomic E-state index is -4.18. The van der Waals surface area contributed by atoms with Crippen LogP contribution in [0.3, 0.4) is 0 Å². The number of benzene rings is 1. The van der Waals surface area contributed by atoms with Gasteiger partial charge in [-0.15, -0.1) is 0 Å². The minimum absolute atomic E-state index is 0.226.